The summed E-state index contributed by atoms with van der Waals surface area (Å²) < 4.78 is 5.43. The maximum atomic E-state index is 12.1. The third-order valence-electron chi connectivity index (χ3n) is 5.26. The average Bonchev–Trinajstić information content (AvgIpc) is 3.40. The second kappa shape index (κ2) is 9.26. The summed E-state index contributed by atoms with van der Waals surface area (Å²) in [6.45, 7) is 4.60. The van der Waals surface area contributed by atoms with Gasteiger partial charge in [-0.25, -0.2) is 4.98 Å². The van der Waals surface area contributed by atoms with Crippen LogP contribution < -0.4 is 0 Å². The number of para-hydroxylation sites is 1. The zero-order chi connectivity index (χ0) is 20.9. The molecule has 0 unspecified atom stereocenters. The van der Waals surface area contributed by atoms with E-state index in [1.54, 1.807) is 11.3 Å². The summed E-state index contributed by atoms with van der Waals surface area (Å²) in [4.78, 5) is 20.0. The van der Waals surface area contributed by atoms with E-state index >= 15 is 0 Å². The molecule has 5 heteroatoms. The summed E-state index contributed by atoms with van der Waals surface area (Å²) in [5, 5.41) is 4.14. The minimum absolute atomic E-state index is 0.175. The third-order valence-corrected chi connectivity index (χ3v) is 6.20. The van der Waals surface area contributed by atoms with Crippen LogP contribution in [0.5, 0.6) is 0 Å². The van der Waals surface area contributed by atoms with Crippen LogP contribution in [0.3, 0.4) is 0 Å². The Morgan fingerprint density at radius 1 is 1.13 bits per heavy atom. The first-order valence-electron chi connectivity index (χ1n) is 10.4. The molecule has 4 nitrogen and oxygen atoms in total. The molecule has 2 aromatic heterocycles. The molecule has 0 radical (unpaired) electrons. The summed E-state index contributed by atoms with van der Waals surface area (Å²) in [5.74, 6) is 0.340. The number of nitrogens with zero attached hydrogens (tertiary/aromatic N) is 1. The Hall–Kier alpha value is -2.92. The summed E-state index contributed by atoms with van der Waals surface area (Å²) >= 11 is 1.58. The largest absolute Gasteiger partial charge is 0.459 e. The Bertz CT molecular complexity index is 1130. The van der Waals surface area contributed by atoms with Crippen molar-refractivity contribution in [1.29, 1.82) is 0 Å². The normalized spacial score (nSPS) is 11.3. The van der Waals surface area contributed by atoms with Gasteiger partial charge in [-0.3, -0.25) is 4.79 Å². The zero-order valence-electron chi connectivity index (χ0n) is 17.4. The van der Waals surface area contributed by atoms with E-state index in [1.807, 2.05) is 23.7 Å². The first kappa shape index (κ1) is 20.4. The lowest BCUT2D eigenvalue weighted by atomic mass is 10.0. The van der Waals surface area contributed by atoms with Gasteiger partial charge in [-0.05, 0) is 36.0 Å². The number of carbonyl (C=O) groups excluding carboxylic acids is 1. The molecule has 0 amide bonds. The molecule has 30 heavy (non-hydrogen) atoms. The van der Waals surface area contributed by atoms with Gasteiger partial charge in [0.25, 0.3) is 0 Å². The summed E-state index contributed by atoms with van der Waals surface area (Å²) in [7, 11) is 0. The van der Waals surface area contributed by atoms with Crippen molar-refractivity contribution in [3.8, 4) is 10.6 Å². The van der Waals surface area contributed by atoms with Crippen LogP contribution in [0.4, 0.5) is 0 Å². The average molecular weight is 419 g/mol. The van der Waals surface area contributed by atoms with Gasteiger partial charge >= 0.3 is 5.97 Å². The van der Waals surface area contributed by atoms with E-state index in [0.29, 0.717) is 12.3 Å². The van der Waals surface area contributed by atoms with Crippen molar-refractivity contribution in [2.75, 3.05) is 0 Å². The highest BCUT2D eigenvalue weighted by molar-refractivity contribution is 7.13. The van der Waals surface area contributed by atoms with Crippen molar-refractivity contribution >= 4 is 28.2 Å². The van der Waals surface area contributed by atoms with Gasteiger partial charge in [0.2, 0.25) is 0 Å². The monoisotopic (exact) mass is 418 g/mol. The predicted octanol–water partition coefficient (Wildman–Crippen LogP) is 6.48. The smallest absolute Gasteiger partial charge is 0.306 e. The van der Waals surface area contributed by atoms with Crippen molar-refractivity contribution in [3.63, 3.8) is 0 Å². The van der Waals surface area contributed by atoms with Crippen LogP contribution in [0.1, 0.15) is 49.4 Å². The van der Waals surface area contributed by atoms with E-state index in [-0.39, 0.29) is 12.6 Å². The lowest BCUT2D eigenvalue weighted by Gasteiger charge is -2.05. The van der Waals surface area contributed by atoms with Gasteiger partial charge in [-0.2, -0.15) is 0 Å². The van der Waals surface area contributed by atoms with Crippen LogP contribution in [0.2, 0.25) is 0 Å². The molecule has 0 bridgehead atoms. The molecule has 2 aromatic carbocycles. The number of hydrogen-bond acceptors (Lipinski definition) is 4. The molecule has 0 aliphatic carbocycles. The SMILES string of the molecule is CC(C)c1ccc(-c2nc(COC(=O)CCCc3c[nH]c4ccccc34)cs2)cc1. The number of benzene rings is 2. The molecule has 4 rings (SSSR count). The Balaban J connectivity index is 1.25. The van der Waals surface area contributed by atoms with E-state index in [4.69, 9.17) is 4.74 Å². The van der Waals surface area contributed by atoms with Crippen LogP contribution in [-0.2, 0) is 22.6 Å². The lowest BCUT2D eigenvalue weighted by Crippen LogP contribution is -2.05. The summed E-state index contributed by atoms with van der Waals surface area (Å²) in [6, 6.07) is 16.7. The zero-order valence-corrected chi connectivity index (χ0v) is 18.2. The van der Waals surface area contributed by atoms with E-state index in [2.05, 4.69) is 60.2 Å². The summed E-state index contributed by atoms with van der Waals surface area (Å²) in [6.07, 6.45) is 4.06. The van der Waals surface area contributed by atoms with Gasteiger partial charge in [0, 0.05) is 34.5 Å². The predicted molar refractivity (Wildman–Crippen MR) is 123 cm³/mol. The topological polar surface area (TPSA) is 55.0 Å². The standard InChI is InChI=1S/C25H26N2O2S/c1-17(2)18-10-12-19(13-11-18)25-27-21(16-30-25)15-29-24(28)9-5-6-20-14-26-23-8-4-3-7-22(20)23/h3-4,7-8,10-14,16-17,26H,5-6,9,15H2,1-2H3. The fraction of sp³-hybridized carbons (Fsp3) is 0.280. The van der Waals surface area contributed by atoms with Crippen molar-refractivity contribution in [1.82, 2.24) is 9.97 Å². The van der Waals surface area contributed by atoms with Crippen molar-refractivity contribution < 1.29 is 9.53 Å². The highest BCUT2D eigenvalue weighted by Gasteiger charge is 2.10. The van der Waals surface area contributed by atoms with Gasteiger partial charge in [-0.15, -0.1) is 11.3 Å². The third kappa shape index (κ3) is 4.79. The molecule has 1 N–H and O–H groups in total. The van der Waals surface area contributed by atoms with Crippen LogP contribution in [0.25, 0.3) is 21.5 Å². The number of carbonyl (C=O) groups is 1. The maximum Gasteiger partial charge on any atom is 0.306 e. The van der Waals surface area contributed by atoms with Crippen molar-refractivity contribution in [2.24, 2.45) is 0 Å². The fourth-order valence-corrected chi connectivity index (χ4v) is 4.32. The van der Waals surface area contributed by atoms with E-state index in [0.717, 1.165) is 34.6 Å². The number of rotatable bonds is 8. The number of H-pyrrole nitrogens is 1. The molecule has 0 aliphatic rings. The molecule has 4 aromatic rings. The van der Waals surface area contributed by atoms with Gasteiger partial charge in [0.1, 0.15) is 11.6 Å². The highest BCUT2D eigenvalue weighted by Crippen LogP contribution is 2.26. The number of hydrogen-bond donors (Lipinski definition) is 1. The molecular formula is C25H26N2O2S. The van der Waals surface area contributed by atoms with Gasteiger partial charge in [0.15, 0.2) is 0 Å². The molecule has 0 saturated carbocycles. The van der Waals surface area contributed by atoms with Gasteiger partial charge in [-0.1, -0.05) is 56.3 Å². The Morgan fingerprint density at radius 2 is 1.93 bits per heavy atom. The first-order valence-corrected chi connectivity index (χ1v) is 11.2. The molecule has 2 heterocycles. The number of aryl methyl sites for hydroxylation is 1. The number of fused-ring (bicyclic) bond motifs is 1. The Kier molecular flexibility index (Phi) is 6.29. The molecular weight excluding hydrogens is 392 g/mol. The van der Waals surface area contributed by atoms with Crippen molar-refractivity contribution in [3.05, 3.63) is 76.9 Å². The molecule has 0 aliphatic heterocycles. The minimum atomic E-state index is -0.175. The maximum absolute atomic E-state index is 12.1. The molecule has 154 valence electrons. The number of thiazole rings is 1. The fourth-order valence-electron chi connectivity index (χ4n) is 3.50. The van der Waals surface area contributed by atoms with Crippen LogP contribution in [0, 0.1) is 0 Å². The van der Waals surface area contributed by atoms with Crippen LogP contribution in [-0.4, -0.2) is 15.9 Å². The lowest BCUT2D eigenvalue weighted by molar-refractivity contribution is -0.145. The quantitative estimate of drug-likeness (QED) is 0.333. The van der Waals surface area contributed by atoms with Crippen LogP contribution in [0.15, 0.2) is 60.1 Å². The number of ether oxygens (including phenoxy) is 1. The molecule has 0 atom stereocenters. The minimum Gasteiger partial charge on any atom is -0.459 e. The number of aromatic nitrogens is 2. The van der Waals surface area contributed by atoms with E-state index < -0.39 is 0 Å². The van der Waals surface area contributed by atoms with Crippen LogP contribution >= 0.6 is 11.3 Å². The van der Waals surface area contributed by atoms with Crippen molar-refractivity contribution in [2.45, 2.75) is 45.6 Å². The molecule has 0 fully saturated rings. The molecule has 0 spiro atoms. The Morgan fingerprint density at radius 3 is 2.73 bits per heavy atom. The first-order chi connectivity index (χ1) is 14.6. The highest BCUT2D eigenvalue weighted by atomic mass is 32.1. The second-order valence-electron chi connectivity index (χ2n) is 7.79. The molecule has 0 saturated heterocycles. The van der Waals surface area contributed by atoms with E-state index in [9.17, 15) is 4.79 Å². The Labute approximate surface area is 180 Å². The second-order valence-corrected chi connectivity index (χ2v) is 8.65. The van der Waals surface area contributed by atoms with Gasteiger partial charge < -0.3 is 9.72 Å². The number of esters is 1. The summed E-state index contributed by atoms with van der Waals surface area (Å²) in [5.41, 5.74) is 5.59. The van der Waals surface area contributed by atoms with E-state index in [1.165, 1.54) is 16.5 Å². The number of aromatic amines is 1. The number of nitrogens with one attached hydrogen (secondary N) is 1. The van der Waals surface area contributed by atoms with Gasteiger partial charge in [0.05, 0.1) is 5.69 Å².